The van der Waals surface area contributed by atoms with Crippen molar-refractivity contribution in [3.63, 3.8) is 0 Å². The molecule has 2 aliphatic rings. The van der Waals surface area contributed by atoms with Gasteiger partial charge in [0.2, 0.25) is 5.91 Å². The molecule has 2 aromatic carbocycles. The number of nitrogens with zero attached hydrogens (tertiary/aromatic N) is 2. The summed E-state index contributed by atoms with van der Waals surface area (Å²) in [4.78, 5) is 39.5. The molecule has 1 saturated carbocycles. The molecule has 2 aromatic rings. The highest BCUT2D eigenvalue weighted by Gasteiger charge is 2.43. The molecule has 1 aliphatic carbocycles. The zero-order valence-electron chi connectivity index (χ0n) is 19.3. The molecule has 4 rings (SSSR count). The summed E-state index contributed by atoms with van der Waals surface area (Å²) < 4.78 is 10.0. The first-order valence-corrected chi connectivity index (χ1v) is 11.0. The summed E-state index contributed by atoms with van der Waals surface area (Å²) in [5, 5.41) is 12.9. The van der Waals surface area contributed by atoms with Crippen LogP contribution >= 0.6 is 0 Å². The van der Waals surface area contributed by atoms with Crippen molar-refractivity contribution in [3.8, 4) is 6.07 Å². The molecule has 1 atom stereocenters. The van der Waals surface area contributed by atoms with E-state index in [0.29, 0.717) is 16.9 Å². The van der Waals surface area contributed by atoms with Crippen LogP contribution in [0, 0.1) is 17.2 Å². The van der Waals surface area contributed by atoms with Crippen molar-refractivity contribution in [3.05, 3.63) is 82.8 Å². The Morgan fingerprint density at radius 1 is 1.00 bits per heavy atom. The van der Waals surface area contributed by atoms with Crippen LogP contribution in [0.15, 0.2) is 77.3 Å². The molecule has 1 aliphatic heterocycles. The Labute approximate surface area is 202 Å². The summed E-state index contributed by atoms with van der Waals surface area (Å²) in [6.07, 6.45) is 1.75. The van der Waals surface area contributed by atoms with Gasteiger partial charge >= 0.3 is 11.9 Å². The van der Waals surface area contributed by atoms with Gasteiger partial charge in [0, 0.05) is 17.3 Å². The van der Waals surface area contributed by atoms with E-state index in [9.17, 15) is 19.6 Å². The second-order valence-corrected chi connectivity index (χ2v) is 8.15. The quantitative estimate of drug-likeness (QED) is 0.613. The molecular formula is C26H24N4O5. The Balaban J connectivity index is 1.87. The van der Waals surface area contributed by atoms with Crippen LogP contribution in [0.5, 0.6) is 0 Å². The van der Waals surface area contributed by atoms with E-state index in [0.717, 1.165) is 12.8 Å². The first-order valence-electron chi connectivity index (χ1n) is 11.0. The van der Waals surface area contributed by atoms with Gasteiger partial charge in [-0.2, -0.15) is 5.26 Å². The van der Waals surface area contributed by atoms with Crippen LogP contribution in [-0.2, 0) is 23.9 Å². The van der Waals surface area contributed by atoms with Gasteiger partial charge in [-0.05, 0) is 42.7 Å². The highest BCUT2D eigenvalue weighted by atomic mass is 16.5. The van der Waals surface area contributed by atoms with Crippen molar-refractivity contribution < 1.29 is 23.9 Å². The molecule has 35 heavy (non-hydrogen) atoms. The lowest BCUT2D eigenvalue weighted by Crippen LogP contribution is -2.40. The zero-order chi connectivity index (χ0) is 25.1. The molecule has 1 fully saturated rings. The minimum absolute atomic E-state index is 0.0239. The highest BCUT2D eigenvalue weighted by molar-refractivity contribution is 6.06. The van der Waals surface area contributed by atoms with E-state index in [1.165, 1.54) is 19.1 Å². The summed E-state index contributed by atoms with van der Waals surface area (Å²) >= 11 is 0. The number of anilines is 2. The number of nitrogens with two attached hydrogens (primary N) is 1. The Kier molecular flexibility index (Phi) is 6.55. The predicted octanol–water partition coefficient (Wildman–Crippen LogP) is 2.93. The standard InChI is InChI=1S/C26H24N4O5/c1-34-25(32)21-20(15-6-4-3-5-7-15)19(14-27)23(28)30(22(21)26(33)35-2)18-12-10-17(11-13-18)29-24(31)16-8-9-16/h3-7,10-13,16,20H,8-9,28H2,1-2H3,(H,29,31). The topological polar surface area (TPSA) is 135 Å². The largest absolute Gasteiger partial charge is 0.466 e. The molecule has 1 unspecified atom stereocenters. The van der Waals surface area contributed by atoms with Crippen LogP contribution in [-0.4, -0.2) is 32.1 Å². The third kappa shape index (κ3) is 4.46. The van der Waals surface area contributed by atoms with Crippen molar-refractivity contribution in [2.75, 3.05) is 24.4 Å². The van der Waals surface area contributed by atoms with Gasteiger partial charge in [0.25, 0.3) is 0 Å². The normalized spacial score (nSPS) is 17.5. The van der Waals surface area contributed by atoms with Crippen LogP contribution in [0.3, 0.4) is 0 Å². The monoisotopic (exact) mass is 472 g/mol. The molecule has 9 nitrogen and oxygen atoms in total. The van der Waals surface area contributed by atoms with E-state index >= 15 is 0 Å². The molecule has 0 radical (unpaired) electrons. The van der Waals surface area contributed by atoms with E-state index in [4.69, 9.17) is 15.2 Å². The summed E-state index contributed by atoms with van der Waals surface area (Å²) in [7, 11) is 2.39. The fourth-order valence-corrected chi connectivity index (χ4v) is 4.07. The van der Waals surface area contributed by atoms with Gasteiger partial charge in [0.1, 0.15) is 11.5 Å². The van der Waals surface area contributed by atoms with Crippen molar-refractivity contribution in [1.29, 1.82) is 5.26 Å². The van der Waals surface area contributed by atoms with Gasteiger partial charge in [-0.15, -0.1) is 0 Å². The van der Waals surface area contributed by atoms with Gasteiger partial charge in [-0.3, -0.25) is 9.69 Å². The van der Waals surface area contributed by atoms with Gasteiger partial charge in [-0.25, -0.2) is 9.59 Å². The second kappa shape index (κ2) is 9.73. The number of methoxy groups -OCH3 is 2. The highest BCUT2D eigenvalue weighted by Crippen LogP contribution is 2.43. The number of amides is 1. The lowest BCUT2D eigenvalue weighted by molar-refractivity contribution is -0.139. The van der Waals surface area contributed by atoms with Crippen molar-refractivity contribution >= 4 is 29.2 Å². The van der Waals surface area contributed by atoms with Gasteiger partial charge in [0.05, 0.1) is 37.4 Å². The fourth-order valence-electron chi connectivity index (χ4n) is 4.07. The number of benzene rings is 2. The number of esters is 2. The van der Waals surface area contributed by atoms with Crippen LogP contribution in [0.2, 0.25) is 0 Å². The molecular weight excluding hydrogens is 448 g/mol. The van der Waals surface area contributed by atoms with E-state index < -0.39 is 17.9 Å². The molecule has 3 N–H and O–H groups in total. The Hall–Kier alpha value is -4.58. The van der Waals surface area contributed by atoms with E-state index in [-0.39, 0.29) is 34.5 Å². The molecule has 0 aromatic heterocycles. The first-order chi connectivity index (χ1) is 16.9. The Morgan fingerprint density at radius 2 is 1.63 bits per heavy atom. The Bertz CT molecular complexity index is 1270. The maximum Gasteiger partial charge on any atom is 0.355 e. The third-order valence-electron chi connectivity index (χ3n) is 5.95. The van der Waals surface area contributed by atoms with Crippen LogP contribution in [0.25, 0.3) is 0 Å². The maximum absolute atomic E-state index is 13.0. The lowest BCUT2D eigenvalue weighted by atomic mass is 9.81. The minimum atomic E-state index is -0.934. The molecule has 1 amide bonds. The summed E-state index contributed by atoms with van der Waals surface area (Å²) in [6.45, 7) is 0. The number of allylic oxidation sites excluding steroid dienone is 1. The molecule has 9 heteroatoms. The van der Waals surface area contributed by atoms with Crippen LogP contribution in [0.4, 0.5) is 11.4 Å². The van der Waals surface area contributed by atoms with Crippen LogP contribution in [0.1, 0.15) is 24.3 Å². The average molecular weight is 473 g/mol. The molecule has 0 bridgehead atoms. The zero-order valence-corrected chi connectivity index (χ0v) is 19.3. The summed E-state index contributed by atoms with van der Waals surface area (Å²) in [6, 6.07) is 17.5. The number of carbonyl (C=O) groups is 3. The molecule has 0 spiro atoms. The fraction of sp³-hybridized carbons (Fsp3) is 0.231. The number of carbonyl (C=O) groups excluding carboxylic acids is 3. The first kappa shape index (κ1) is 23.6. The van der Waals surface area contributed by atoms with E-state index in [1.807, 2.05) is 0 Å². The number of nitrogens with one attached hydrogen (secondary N) is 1. The number of rotatable bonds is 6. The van der Waals surface area contributed by atoms with Crippen molar-refractivity contribution in [1.82, 2.24) is 0 Å². The molecule has 178 valence electrons. The second-order valence-electron chi connectivity index (χ2n) is 8.15. The van der Waals surface area contributed by atoms with Gasteiger partial charge in [-0.1, -0.05) is 30.3 Å². The smallest absolute Gasteiger partial charge is 0.355 e. The van der Waals surface area contributed by atoms with E-state index in [2.05, 4.69) is 11.4 Å². The summed E-state index contributed by atoms with van der Waals surface area (Å²) in [5.41, 5.74) is 7.88. The van der Waals surface area contributed by atoms with Crippen molar-refractivity contribution in [2.24, 2.45) is 11.7 Å². The predicted molar refractivity (Wildman–Crippen MR) is 127 cm³/mol. The lowest BCUT2D eigenvalue weighted by Gasteiger charge is -2.35. The minimum Gasteiger partial charge on any atom is -0.466 e. The number of hydrogen-bond acceptors (Lipinski definition) is 8. The summed E-state index contributed by atoms with van der Waals surface area (Å²) in [5.74, 6) is -2.58. The molecule has 0 saturated heterocycles. The average Bonchev–Trinajstić information content (AvgIpc) is 3.74. The van der Waals surface area contributed by atoms with Crippen LogP contribution < -0.4 is 16.0 Å². The van der Waals surface area contributed by atoms with E-state index in [1.54, 1.807) is 54.6 Å². The van der Waals surface area contributed by atoms with Gasteiger partial charge < -0.3 is 20.5 Å². The molecule has 1 heterocycles. The third-order valence-corrected chi connectivity index (χ3v) is 5.95. The SMILES string of the molecule is COC(=O)C1=C(C(=O)OC)N(c2ccc(NC(=O)C3CC3)cc2)C(N)=C(C#N)C1c1ccccc1. The number of ether oxygens (including phenoxy) is 2. The Morgan fingerprint density at radius 3 is 2.17 bits per heavy atom. The maximum atomic E-state index is 13.0. The number of nitriles is 1. The van der Waals surface area contributed by atoms with Crippen molar-refractivity contribution in [2.45, 2.75) is 18.8 Å². The van der Waals surface area contributed by atoms with Gasteiger partial charge in [0.15, 0.2) is 0 Å². The number of hydrogen-bond donors (Lipinski definition) is 2.